The van der Waals surface area contributed by atoms with E-state index in [-0.39, 0.29) is 0 Å². The normalized spacial score (nSPS) is 38.2. The van der Waals surface area contributed by atoms with Crippen molar-refractivity contribution in [3.63, 3.8) is 0 Å². The lowest BCUT2D eigenvalue weighted by Crippen LogP contribution is -2.05. The average Bonchev–Trinajstić information content (AvgIpc) is 2.79. The monoisotopic (exact) mass is 215 g/mol. The summed E-state index contributed by atoms with van der Waals surface area (Å²) in [4.78, 5) is 0. The molecule has 0 N–H and O–H groups in total. The van der Waals surface area contributed by atoms with Crippen LogP contribution in [-0.2, 0) is 0 Å². The fraction of sp³-hybridized carbons (Fsp3) is 0.750. The fourth-order valence-corrected chi connectivity index (χ4v) is 3.86. The van der Waals surface area contributed by atoms with E-state index in [9.17, 15) is 0 Å². The lowest BCUT2D eigenvalue weighted by Gasteiger charge is -2.19. The Morgan fingerprint density at radius 1 is 1.00 bits per heavy atom. The highest BCUT2D eigenvalue weighted by molar-refractivity contribution is 5.28. The molecular weight excluding hydrogens is 192 g/mol. The second-order valence-corrected chi connectivity index (χ2v) is 5.72. The van der Waals surface area contributed by atoms with E-state index in [1.54, 1.807) is 5.57 Å². The number of hydrogen-bond donors (Lipinski definition) is 0. The molecule has 0 aromatic rings. The lowest BCUT2D eigenvalue weighted by atomic mass is 9.86. The number of rotatable bonds is 1. The van der Waals surface area contributed by atoms with E-state index in [2.05, 4.69) is 12.2 Å². The summed E-state index contributed by atoms with van der Waals surface area (Å²) in [7, 11) is 0. The summed E-state index contributed by atoms with van der Waals surface area (Å²) < 4.78 is 0. The summed E-state index contributed by atoms with van der Waals surface area (Å²) >= 11 is 0. The molecule has 3 rings (SSSR count). The van der Waals surface area contributed by atoms with Crippen molar-refractivity contribution in [1.29, 1.82) is 0 Å². The van der Waals surface area contributed by atoms with Gasteiger partial charge in [-0.2, -0.15) is 0 Å². The van der Waals surface area contributed by atoms with E-state index < -0.39 is 0 Å². The van der Waals surface area contributed by atoms with Gasteiger partial charge in [0.15, 0.2) is 0 Å². The molecule has 1 radical (unpaired) electrons. The molecule has 1 fully saturated rings. The smallest absolute Gasteiger partial charge is 0.00158 e. The highest BCUT2D eigenvalue weighted by Crippen LogP contribution is 2.47. The van der Waals surface area contributed by atoms with Crippen LogP contribution in [0.3, 0.4) is 0 Å². The van der Waals surface area contributed by atoms with Gasteiger partial charge in [-0.3, -0.25) is 0 Å². The Morgan fingerprint density at radius 2 is 1.94 bits per heavy atom. The highest BCUT2D eigenvalue weighted by Gasteiger charge is 2.34. The van der Waals surface area contributed by atoms with Crippen LogP contribution >= 0.6 is 0 Å². The fourth-order valence-electron chi connectivity index (χ4n) is 3.86. The molecule has 0 nitrogen and oxygen atoms in total. The third-order valence-corrected chi connectivity index (χ3v) is 4.72. The molecule has 0 saturated heterocycles. The number of fused-ring (bicyclic) bond motifs is 1. The second-order valence-electron chi connectivity index (χ2n) is 5.72. The Morgan fingerprint density at radius 3 is 2.94 bits per heavy atom. The van der Waals surface area contributed by atoms with E-state index in [1.807, 2.05) is 5.57 Å². The Hall–Kier alpha value is -0.520. The van der Waals surface area contributed by atoms with Crippen molar-refractivity contribution in [1.82, 2.24) is 0 Å². The highest BCUT2D eigenvalue weighted by atomic mass is 14.4. The summed E-state index contributed by atoms with van der Waals surface area (Å²) in [6.07, 6.45) is 20.2. The summed E-state index contributed by atoms with van der Waals surface area (Å²) in [6.45, 7) is 0. The minimum Gasteiger partial charge on any atom is -0.0844 e. The summed E-state index contributed by atoms with van der Waals surface area (Å²) in [5.41, 5.74) is 3.50. The first kappa shape index (κ1) is 10.6. The first-order valence-corrected chi connectivity index (χ1v) is 7.24. The second kappa shape index (κ2) is 4.77. The van der Waals surface area contributed by atoms with Crippen LogP contribution in [0.2, 0.25) is 0 Å². The van der Waals surface area contributed by atoms with Crippen LogP contribution in [0.1, 0.15) is 64.2 Å². The van der Waals surface area contributed by atoms with Crippen molar-refractivity contribution in [2.75, 3.05) is 0 Å². The van der Waals surface area contributed by atoms with Crippen molar-refractivity contribution < 1.29 is 0 Å². The Balaban J connectivity index is 1.75. The van der Waals surface area contributed by atoms with Crippen LogP contribution in [0.4, 0.5) is 0 Å². The molecule has 0 bridgehead atoms. The van der Waals surface area contributed by atoms with Gasteiger partial charge < -0.3 is 0 Å². The van der Waals surface area contributed by atoms with E-state index in [4.69, 9.17) is 0 Å². The SMILES string of the molecule is [C]1=C(/C2CCC3CCC=C32)CCCCCC/1. The molecular formula is C16H23. The van der Waals surface area contributed by atoms with Crippen molar-refractivity contribution in [2.45, 2.75) is 64.2 Å². The van der Waals surface area contributed by atoms with Crippen molar-refractivity contribution in [3.8, 4) is 0 Å². The molecule has 3 aliphatic rings. The third kappa shape index (κ3) is 1.99. The first-order valence-electron chi connectivity index (χ1n) is 7.24. The minimum atomic E-state index is 0.825. The van der Waals surface area contributed by atoms with Crippen LogP contribution in [0, 0.1) is 17.9 Å². The molecule has 87 valence electrons. The third-order valence-electron chi connectivity index (χ3n) is 4.72. The molecule has 0 aliphatic heterocycles. The average molecular weight is 215 g/mol. The molecule has 2 unspecified atom stereocenters. The van der Waals surface area contributed by atoms with Crippen LogP contribution in [0.25, 0.3) is 0 Å². The van der Waals surface area contributed by atoms with Gasteiger partial charge in [0.1, 0.15) is 0 Å². The predicted octanol–water partition coefficient (Wildman–Crippen LogP) is 4.82. The summed E-state index contributed by atoms with van der Waals surface area (Å²) in [5.74, 6) is 1.79. The molecule has 16 heavy (non-hydrogen) atoms. The molecule has 0 amide bonds. The molecule has 0 heterocycles. The van der Waals surface area contributed by atoms with Gasteiger partial charge in [0.05, 0.1) is 0 Å². The van der Waals surface area contributed by atoms with Gasteiger partial charge in [0, 0.05) is 5.92 Å². The quantitative estimate of drug-likeness (QED) is 0.550. The van der Waals surface area contributed by atoms with E-state index in [0.29, 0.717) is 0 Å². The van der Waals surface area contributed by atoms with Gasteiger partial charge in [-0.15, -0.1) is 0 Å². The summed E-state index contributed by atoms with van der Waals surface area (Å²) in [6, 6.07) is 0. The van der Waals surface area contributed by atoms with Crippen LogP contribution in [0.5, 0.6) is 0 Å². The molecule has 0 spiro atoms. The molecule has 2 atom stereocenters. The van der Waals surface area contributed by atoms with E-state index in [1.165, 1.54) is 64.2 Å². The number of allylic oxidation sites excluding steroid dienone is 4. The Labute approximate surface area is 99.8 Å². The maximum atomic E-state index is 3.75. The van der Waals surface area contributed by atoms with Gasteiger partial charge in [0.2, 0.25) is 0 Å². The van der Waals surface area contributed by atoms with Gasteiger partial charge in [-0.1, -0.05) is 30.1 Å². The van der Waals surface area contributed by atoms with Crippen molar-refractivity contribution in [3.05, 3.63) is 23.3 Å². The topological polar surface area (TPSA) is 0 Å². The zero-order chi connectivity index (χ0) is 10.8. The van der Waals surface area contributed by atoms with Crippen LogP contribution < -0.4 is 0 Å². The lowest BCUT2D eigenvalue weighted by molar-refractivity contribution is 0.574. The predicted molar refractivity (Wildman–Crippen MR) is 68.0 cm³/mol. The largest absolute Gasteiger partial charge is 0.0844 e. The van der Waals surface area contributed by atoms with Gasteiger partial charge in [-0.05, 0) is 63.4 Å². The zero-order valence-corrected chi connectivity index (χ0v) is 10.3. The Kier molecular flexibility index (Phi) is 3.17. The van der Waals surface area contributed by atoms with Crippen molar-refractivity contribution in [2.24, 2.45) is 11.8 Å². The molecule has 3 aliphatic carbocycles. The summed E-state index contributed by atoms with van der Waals surface area (Å²) in [5, 5.41) is 0. The van der Waals surface area contributed by atoms with Crippen LogP contribution in [-0.4, -0.2) is 0 Å². The van der Waals surface area contributed by atoms with E-state index >= 15 is 0 Å². The zero-order valence-electron chi connectivity index (χ0n) is 10.3. The maximum Gasteiger partial charge on any atom is 0.00158 e. The molecule has 0 aromatic heterocycles. The van der Waals surface area contributed by atoms with Gasteiger partial charge >= 0.3 is 0 Å². The van der Waals surface area contributed by atoms with Gasteiger partial charge in [0.25, 0.3) is 0 Å². The minimum absolute atomic E-state index is 0.825. The van der Waals surface area contributed by atoms with Crippen LogP contribution in [0.15, 0.2) is 17.2 Å². The molecule has 0 heteroatoms. The van der Waals surface area contributed by atoms with Crippen molar-refractivity contribution >= 4 is 0 Å². The Bertz CT molecular complexity index is 308. The molecule has 1 saturated carbocycles. The van der Waals surface area contributed by atoms with Gasteiger partial charge in [-0.25, -0.2) is 0 Å². The first-order chi connectivity index (χ1) is 7.95. The molecule has 0 aromatic carbocycles. The standard InChI is InChI=1S/C16H23/c1-2-4-7-13(8-5-3-1)16-12-11-14-9-6-10-15(14)16/h10,14,16H,1-7,9,11-12H2. The maximum absolute atomic E-state index is 3.75. The number of hydrogen-bond acceptors (Lipinski definition) is 0. The van der Waals surface area contributed by atoms with E-state index in [0.717, 1.165) is 11.8 Å².